The van der Waals surface area contributed by atoms with Crippen molar-refractivity contribution in [3.63, 3.8) is 0 Å². The Morgan fingerprint density at radius 3 is 2.29 bits per heavy atom. The first-order valence-corrected chi connectivity index (χ1v) is 20.8. The van der Waals surface area contributed by atoms with Gasteiger partial charge in [-0.1, -0.05) is 61.4 Å². The van der Waals surface area contributed by atoms with Gasteiger partial charge in [-0.3, -0.25) is 14.4 Å². The van der Waals surface area contributed by atoms with E-state index in [0.717, 1.165) is 6.92 Å². The van der Waals surface area contributed by atoms with Crippen molar-refractivity contribution in [2.45, 2.75) is 128 Å². The van der Waals surface area contributed by atoms with Gasteiger partial charge in [0, 0.05) is 41.7 Å². The van der Waals surface area contributed by atoms with Crippen LogP contribution in [0.4, 0.5) is 10.5 Å². The SMILES string of the molecule is CC(=O)O[C@H]1C(=O)[C@]23C[C@H]2C[C@H]2OC[C@@]2(OC(C)=O)[C@H]3[C@H](OC(=O)c2cccc(N=[N+]=[N-])c2)[C@]2(O)C[C@H](OC(=O)[C@H](O)[C@@H](NC(=O)OC(C)(C)C)c3ccccc3)C(C)=C1C2(C)C. The number of nitrogens with zero attached hydrogens (tertiary/aromatic N) is 3. The Morgan fingerprint density at radius 2 is 1.68 bits per heavy atom. The summed E-state index contributed by atoms with van der Waals surface area (Å²) in [5.74, 6) is -6.11. The molecule has 4 fully saturated rings. The number of carbonyl (C=O) groups is 6. The quantitative estimate of drug-likeness (QED) is 0.0674. The van der Waals surface area contributed by atoms with Crippen molar-refractivity contribution in [3.8, 4) is 0 Å². The molecule has 0 radical (unpaired) electrons. The number of ketones is 1. The Morgan fingerprint density at radius 1 is 0.984 bits per heavy atom. The topological polar surface area (TPSA) is 259 Å². The van der Waals surface area contributed by atoms with Crippen molar-refractivity contribution >= 4 is 41.4 Å². The number of azide groups is 1. The van der Waals surface area contributed by atoms with Crippen molar-refractivity contribution in [3.05, 3.63) is 87.3 Å². The van der Waals surface area contributed by atoms with Gasteiger partial charge in [0.25, 0.3) is 0 Å². The fourth-order valence-electron chi connectivity index (χ4n) is 10.6. The van der Waals surface area contributed by atoms with Crippen LogP contribution in [0.1, 0.15) is 96.6 Å². The molecule has 2 bridgehead atoms. The summed E-state index contributed by atoms with van der Waals surface area (Å²) < 4.78 is 36.0. The molecule has 2 aromatic carbocycles. The molecule has 336 valence electrons. The predicted octanol–water partition coefficient (Wildman–Crippen LogP) is 5.41. The zero-order chi connectivity index (χ0) is 46.0. The average molecular weight is 873 g/mol. The van der Waals surface area contributed by atoms with E-state index in [9.17, 15) is 34.2 Å². The van der Waals surface area contributed by atoms with Gasteiger partial charge < -0.3 is 44.0 Å². The Bertz CT molecular complexity index is 2320. The molecule has 18 heteroatoms. The lowest BCUT2D eigenvalue weighted by molar-refractivity contribution is -0.323. The zero-order valence-electron chi connectivity index (χ0n) is 36.3. The van der Waals surface area contributed by atoms with Gasteiger partial charge >= 0.3 is 30.0 Å². The van der Waals surface area contributed by atoms with Crippen LogP contribution in [-0.4, -0.2) is 99.9 Å². The lowest BCUT2D eigenvalue weighted by Gasteiger charge is -2.64. The number of alkyl carbamates (subject to hydrolysis) is 1. The van der Waals surface area contributed by atoms with Gasteiger partial charge in [-0.25, -0.2) is 14.4 Å². The van der Waals surface area contributed by atoms with Gasteiger partial charge in [0.15, 0.2) is 23.6 Å². The monoisotopic (exact) mass is 872 g/mol. The number of nitrogens with one attached hydrogen (secondary N) is 1. The number of benzene rings is 2. The van der Waals surface area contributed by atoms with E-state index in [1.807, 2.05) is 0 Å². The van der Waals surface area contributed by atoms with Crippen LogP contribution in [0.2, 0.25) is 0 Å². The van der Waals surface area contributed by atoms with Crippen molar-refractivity contribution in [1.29, 1.82) is 0 Å². The summed E-state index contributed by atoms with van der Waals surface area (Å²) in [5, 5.41) is 31.6. The third-order valence-electron chi connectivity index (χ3n) is 13.4. The number of hydrogen-bond donors (Lipinski definition) is 3. The van der Waals surface area contributed by atoms with Gasteiger partial charge in [-0.2, -0.15) is 0 Å². The van der Waals surface area contributed by atoms with Crippen LogP contribution in [0.25, 0.3) is 10.4 Å². The molecule has 4 aliphatic carbocycles. The third kappa shape index (κ3) is 7.72. The van der Waals surface area contributed by atoms with Gasteiger partial charge in [-0.05, 0) is 80.8 Å². The molecule has 1 saturated heterocycles. The molecule has 1 spiro atoms. The van der Waals surface area contributed by atoms with E-state index in [0.29, 0.717) is 5.56 Å². The molecule has 1 aliphatic heterocycles. The standard InChI is InChI=1S/C45H52N4O14/c1-22-29(60-39(55)33(52)32(25-13-10-9-11-14-25)47-40(56)63-41(4,5)6)20-45(57)37(61-38(54)26-15-12-16-28(17-26)48-49-46)35-43(36(53)34(59-23(2)50)31(22)42(45,7)8)19-27(43)18-30-44(35,21-58-30)62-24(3)51/h9-17,27,29-30,32-35,37,52,57H,18-21H2,1-8H3,(H,47,56)/t27-,29+,30-,32+,33-,34-,35+,37+,43-,44+,45-/m1/s1. The number of amides is 1. The highest BCUT2D eigenvalue weighted by atomic mass is 16.6. The summed E-state index contributed by atoms with van der Waals surface area (Å²) in [6, 6.07) is 12.4. The molecule has 7 rings (SSSR count). The molecule has 5 aliphatic rings. The van der Waals surface area contributed by atoms with Gasteiger partial charge in [0.05, 0.1) is 24.1 Å². The van der Waals surface area contributed by atoms with Gasteiger partial charge in [0.1, 0.15) is 29.5 Å². The Kier molecular flexibility index (Phi) is 11.5. The minimum atomic E-state index is -2.34. The summed E-state index contributed by atoms with van der Waals surface area (Å²) in [7, 11) is 0. The first kappa shape index (κ1) is 45.2. The molecular weight excluding hydrogens is 821 g/mol. The maximum Gasteiger partial charge on any atom is 0.408 e. The first-order valence-electron chi connectivity index (χ1n) is 20.8. The fourth-order valence-corrected chi connectivity index (χ4v) is 10.6. The molecule has 3 N–H and O–H groups in total. The van der Waals surface area contributed by atoms with Crippen LogP contribution in [0.15, 0.2) is 70.9 Å². The van der Waals surface area contributed by atoms with Gasteiger partial charge in [-0.15, -0.1) is 0 Å². The van der Waals surface area contributed by atoms with Crippen LogP contribution in [0, 0.1) is 22.7 Å². The van der Waals surface area contributed by atoms with Crippen molar-refractivity contribution in [2.24, 2.45) is 27.8 Å². The van der Waals surface area contributed by atoms with Crippen molar-refractivity contribution in [2.75, 3.05) is 6.61 Å². The number of hydrogen-bond acceptors (Lipinski definition) is 15. The van der Waals surface area contributed by atoms with E-state index in [2.05, 4.69) is 15.3 Å². The summed E-state index contributed by atoms with van der Waals surface area (Å²) in [4.78, 5) is 86.1. The van der Waals surface area contributed by atoms with E-state index >= 15 is 4.79 Å². The van der Waals surface area contributed by atoms with E-state index in [-0.39, 0.29) is 41.8 Å². The van der Waals surface area contributed by atoms with E-state index in [1.54, 1.807) is 71.9 Å². The number of esters is 4. The fraction of sp³-hybridized carbons (Fsp3) is 0.556. The van der Waals surface area contributed by atoms with Crippen LogP contribution < -0.4 is 5.32 Å². The molecule has 11 atom stereocenters. The number of rotatable bonds is 10. The minimum absolute atomic E-state index is 0.0774. The van der Waals surface area contributed by atoms with Crippen LogP contribution in [0.3, 0.4) is 0 Å². The summed E-state index contributed by atoms with van der Waals surface area (Å²) in [6.45, 7) is 11.7. The Balaban J connectivity index is 1.38. The Labute approximate surface area is 363 Å². The molecule has 1 heterocycles. The molecule has 2 aromatic rings. The maximum atomic E-state index is 15.5. The molecule has 0 aromatic heterocycles. The highest BCUT2D eigenvalue weighted by molar-refractivity contribution is 5.98. The second-order valence-corrected chi connectivity index (χ2v) is 18.7. The smallest absolute Gasteiger partial charge is 0.408 e. The maximum absolute atomic E-state index is 15.5. The molecule has 18 nitrogen and oxygen atoms in total. The van der Waals surface area contributed by atoms with Crippen molar-refractivity contribution in [1.82, 2.24) is 5.32 Å². The molecule has 3 saturated carbocycles. The molecule has 63 heavy (non-hydrogen) atoms. The van der Waals surface area contributed by atoms with Gasteiger partial charge in [0.2, 0.25) is 0 Å². The van der Waals surface area contributed by atoms with E-state index in [4.69, 9.17) is 34.0 Å². The Hall–Kier alpha value is -5.81. The number of ether oxygens (including phenoxy) is 6. The van der Waals surface area contributed by atoms with E-state index < -0.39 is 118 Å². The second kappa shape index (κ2) is 16.1. The van der Waals surface area contributed by atoms with E-state index in [1.165, 1.54) is 31.2 Å². The highest BCUT2D eigenvalue weighted by Gasteiger charge is 2.84. The summed E-state index contributed by atoms with van der Waals surface area (Å²) in [5.41, 5.74) is 1.73. The lowest BCUT2D eigenvalue weighted by Crippen LogP contribution is -2.78. The lowest BCUT2D eigenvalue weighted by atomic mass is 9.48. The van der Waals surface area contributed by atoms with Crippen LogP contribution in [0.5, 0.6) is 0 Å². The number of Topliss-reactive ketones (excluding diaryl/α,β-unsaturated/α-hetero) is 1. The zero-order valence-corrected chi connectivity index (χ0v) is 36.3. The number of aliphatic hydroxyl groups excluding tert-OH is 1. The average Bonchev–Trinajstić information content (AvgIpc) is 3.93. The number of fused-ring (bicyclic) bond motifs is 4. The minimum Gasteiger partial charge on any atom is -0.456 e. The third-order valence-corrected chi connectivity index (χ3v) is 13.4. The first-order chi connectivity index (χ1) is 29.5. The highest BCUT2D eigenvalue weighted by Crippen LogP contribution is 2.74. The summed E-state index contributed by atoms with van der Waals surface area (Å²) in [6.07, 6.45) is -8.68. The molecule has 0 unspecified atom stereocenters. The summed E-state index contributed by atoms with van der Waals surface area (Å²) >= 11 is 0. The second-order valence-electron chi connectivity index (χ2n) is 18.7. The number of carbonyl (C=O) groups excluding carboxylic acids is 6. The van der Waals surface area contributed by atoms with Crippen molar-refractivity contribution < 1.29 is 67.4 Å². The van der Waals surface area contributed by atoms with Crippen LogP contribution in [-0.2, 0) is 47.6 Å². The van der Waals surface area contributed by atoms with Crippen LogP contribution >= 0.6 is 0 Å². The normalized spacial score (nSPS) is 32.1. The molecule has 1 amide bonds. The number of aliphatic hydroxyl groups is 2. The predicted molar refractivity (Wildman–Crippen MR) is 218 cm³/mol. The molecular formula is C45H52N4O14. The largest absolute Gasteiger partial charge is 0.456 e.